The van der Waals surface area contributed by atoms with Crippen molar-refractivity contribution in [3.8, 4) is 5.75 Å². The van der Waals surface area contributed by atoms with Crippen LogP contribution < -0.4 is 15.4 Å². The van der Waals surface area contributed by atoms with Crippen LogP contribution in [-0.4, -0.2) is 23.3 Å². The van der Waals surface area contributed by atoms with Crippen LogP contribution in [0.3, 0.4) is 0 Å². The van der Waals surface area contributed by atoms with E-state index in [4.69, 9.17) is 16.3 Å². The molecule has 0 saturated heterocycles. The molecule has 8 heteroatoms. The van der Waals surface area contributed by atoms with Crippen molar-refractivity contribution in [2.45, 2.75) is 0 Å². The van der Waals surface area contributed by atoms with Crippen LogP contribution in [0.15, 0.2) is 48.5 Å². The molecule has 0 unspecified atom stereocenters. The Morgan fingerprint density at radius 2 is 1.85 bits per heavy atom. The van der Waals surface area contributed by atoms with Gasteiger partial charge in [0.05, 0.1) is 7.11 Å². The molecule has 0 radical (unpaired) electrons. The largest absolute Gasteiger partial charge is 0.497 e. The standard InChI is InChI=1S/C18H15ClN4O2S/c1-25-14-9-7-13(8-10-14)20-17(24)21-18-23-22-16(26-18)11-6-12-4-2-3-5-15(12)19/h2-11H,1H3,(H2,20,21,23,24). The van der Waals surface area contributed by atoms with Gasteiger partial charge in [-0.25, -0.2) is 4.79 Å². The number of ether oxygens (including phenoxy) is 1. The van der Waals surface area contributed by atoms with E-state index in [0.717, 1.165) is 11.3 Å². The zero-order valence-electron chi connectivity index (χ0n) is 13.8. The van der Waals surface area contributed by atoms with Crippen LogP contribution in [0.4, 0.5) is 15.6 Å². The number of carbonyl (C=O) groups is 1. The summed E-state index contributed by atoms with van der Waals surface area (Å²) < 4.78 is 5.08. The lowest BCUT2D eigenvalue weighted by Gasteiger charge is -2.05. The Balaban J connectivity index is 1.59. The number of hydrogen-bond acceptors (Lipinski definition) is 5. The molecule has 2 aromatic carbocycles. The van der Waals surface area contributed by atoms with E-state index in [-0.39, 0.29) is 0 Å². The number of aromatic nitrogens is 2. The number of hydrogen-bond donors (Lipinski definition) is 2. The van der Waals surface area contributed by atoms with E-state index < -0.39 is 6.03 Å². The number of nitrogens with one attached hydrogen (secondary N) is 2. The van der Waals surface area contributed by atoms with Gasteiger partial charge in [0.2, 0.25) is 5.13 Å². The van der Waals surface area contributed by atoms with Gasteiger partial charge in [0.1, 0.15) is 10.8 Å². The zero-order valence-corrected chi connectivity index (χ0v) is 15.3. The van der Waals surface area contributed by atoms with Crippen molar-refractivity contribution >= 4 is 51.9 Å². The summed E-state index contributed by atoms with van der Waals surface area (Å²) in [6, 6.07) is 14.1. The van der Waals surface area contributed by atoms with E-state index in [9.17, 15) is 4.79 Å². The Morgan fingerprint density at radius 3 is 2.58 bits per heavy atom. The lowest BCUT2D eigenvalue weighted by atomic mass is 10.2. The number of anilines is 2. The lowest BCUT2D eigenvalue weighted by Crippen LogP contribution is -2.19. The van der Waals surface area contributed by atoms with Crippen LogP contribution in [0.2, 0.25) is 5.02 Å². The molecule has 0 saturated carbocycles. The fourth-order valence-electron chi connectivity index (χ4n) is 2.06. The molecule has 1 aromatic heterocycles. The minimum Gasteiger partial charge on any atom is -0.497 e. The molecule has 26 heavy (non-hydrogen) atoms. The number of amides is 2. The first-order valence-corrected chi connectivity index (χ1v) is 8.81. The Labute approximate surface area is 159 Å². The molecule has 0 aliphatic heterocycles. The van der Waals surface area contributed by atoms with Crippen LogP contribution in [-0.2, 0) is 0 Å². The molecule has 6 nitrogen and oxygen atoms in total. The minimum atomic E-state index is -0.395. The summed E-state index contributed by atoms with van der Waals surface area (Å²) in [5.41, 5.74) is 1.53. The van der Waals surface area contributed by atoms with Crippen LogP contribution in [0.25, 0.3) is 12.2 Å². The summed E-state index contributed by atoms with van der Waals surface area (Å²) >= 11 is 7.36. The van der Waals surface area contributed by atoms with E-state index in [2.05, 4.69) is 20.8 Å². The first-order chi connectivity index (χ1) is 12.6. The summed E-state index contributed by atoms with van der Waals surface area (Å²) in [6.45, 7) is 0. The van der Waals surface area contributed by atoms with E-state index >= 15 is 0 Å². The third-order valence-electron chi connectivity index (χ3n) is 3.32. The molecule has 0 bridgehead atoms. The molecule has 1 heterocycles. The number of benzene rings is 2. The molecule has 0 spiro atoms. The Morgan fingerprint density at radius 1 is 1.08 bits per heavy atom. The number of nitrogens with zero attached hydrogens (tertiary/aromatic N) is 2. The number of urea groups is 1. The highest BCUT2D eigenvalue weighted by atomic mass is 35.5. The summed E-state index contributed by atoms with van der Waals surface area (Å²) in [5, 5.41) is 15.1. The Bertz CT molecular complexity index is 925. The number of halogens is 1. The molecule has 132 valence electrons. The van der Waals surface area contributed by atoms with Gasteiger partial charge >= 0.3 is 6.03 Å². The second-order valence-corrected chi connectivity index (χ2v) is 6.52. The zero-order chi connectivity index (χ0) is 18.4. The molecule has 3 aromatic rings. The molecule has 0 aliphatic rings. The highest BCUT2D eigenvalue weighted by Crippen LogP contribution is 2.21. The molecular weight excluding hydrogens is 372 g/mol. The summed E-state index contributed by atoms with van der Waals surface area (Å²) in [4.78, 5) is 12.0. The quantitative estimate of drug-likeness (QED) is 0.645. The Kier molecular flexibility index (Phi) is 5.83. The fourth-order valence-corrected chi connectivity index (χ4v) is 2.90. The van der Waals surface area contributed by atoms with E-state index in [0.29, 0.717) is 20.8 Å². The van der Waals surface area contributed by atoms with Crippen molar-refractivity contribution < 1.29 is 9.53 Å². The van der Waals surface area contributed by atoms with Crippen molar-refractivity contribution in [2.75, 3.05) is 17.7 Å². The maximum Gasteiger partial charge on any atom is 0.325 e. The molecule has 2 amide bonds. The van der Waals surface area contributed by atoms with Gasteiger partial charge in [0.25, 0.3) is 0 Å². The molecule has 0 fully saturated rings. The second-order valence-electron chi connectivity index (χ2n) is 5.11. The highest BCUT2D eigenvalue weighted by Gasteiger charge is 2.07. The average molecular weight is 387 g/mol. The fraction of sp³-hybridized carbons (Fsp3) is 0.0556. The van der Waals surface area contributed by atoms with Gasteiger partial charge in [0.15, 0.2) is 0 Å². The van der Waals surface area contributed by atoms with E-state index in [1.165, 1.54) is 11.3 Å². The maximum absolute atomic E-state index is 12.0. The average Bonchev–Trinajstić information content (AvgIpc) is 3.09. The topological polar surface area (TPSA) is 76.1 Å². The van der Waals surface area contributed by atoms with Crippen LogP contribution in [0.5, 0.6) is 5.75 Å². The maximum atomic E-state index is 12.0. The SMILES string of the molecule is COc1ccc(NC(=O)Nc2nnc(C=Cc3ccccc3Cl)s2)cc1. The normalized spacial score (nSPS) is 10.7. The Hall–Kier alpha value is -2.90. The van der Waals surface area contributed by atoms with Crippen molar-refractivity contribution in [3.63, 3.8) is 0 Å². The molecule has 3 rings (SSSR count). The van der Waals surface area contributed by atoms with Crippen molar-refractivity contribution in [1.29, 1.82) is 0 Å². The number of rotatable bonds is 5. The second kappa shape index (κ2) is 8.46. The number of carbonyl (C=O) groups excluding carboxylic acids is 1. The highest BCUT2D eigenvalue weighted by molar-refractivity contribution is 7.16. The van der Waals surface area contributed by atoms with Crippen LogP contribution >= 0.6 is 22.9 Å². The van der Waals surface area contributed by atoms with Crippen LogP contribution in [0.1, 0.15) is 10.6 Å². The predicted molar refractivity (Wildman–Crippen MR) is 106 cm³/mol. The van der Waals surface area contributed by atoms with Gasteiger partial charge in [-0.1, -0.05) is 47.2 Å². The molecule has 0 atom stereocenters. The van der Waals surface area contributed by atoms with Crippen molar-refractivity contribution in [1.82, 2.24) is 10.2 Å². The van der Waals surface area contributed by atoms with Crippen molar-refractivity contribution in [3.05, 3.63) is 64.1 Å². The lowest BCUT2D eigenvalue weighted by molar-refractivity contribution is 0.262. The summed E-state index contributed by atoms with van der Waals surface area (Å²) in [7, 11) is 1.59. The molecule has 2 N–H and O–H groups in total. The van der Waals surface area contributed by atoms with Gasteiger partial charge in [-0.05, 0) is 42.0 Å². The van der Waals surface area contributed by atoms with Gasteiger partial charge in [0, 0.05) is 10.7 Å². The molecule has 0 aliphatic carbocycles. The first-order valence-electron chi connectivity index (χ1n) is 7.62. The number of methoxy groups -OCH3 is 1. The van der Waals surface area contributed by atoms with Crippen LogP contribution in [0, 0.1) is 0 Å². The van der Waals surface area contributed by atoms with E-state index in [1.54, 1.807) is 37.5 Å². The van der Waals surface area contributed by atoms with Gasteiger partial charge < -0.3 is 10.1 Å². The monoisotopic (exact) mass is 386 g/mol. The van der Waals surface area contributed by atoms with E-state index in [1.807, 2.05) is 30.3 Å². The van der Waals surface area contributed by atoms with Gasteiger partial charge in [-0.15, -0.1) is 10.2 Å². The third kappa shape index (κ3) is 4.81. The summed E-state index contributed by atoms with van der Waals surface area (Å²) in [6.07, 6.45) is 3.65. The van der Waals surface area contributed by atoms with Gasteiger partial charge in [-0.2, -0.15) is 0 Å². The first kappa shape index (κ1) is 17.9. The van der Waals surface area contributed by atoms with Gasteiger partial charge in [-0.3, -0.25) is 5.32 Å². The summed E-state index contributed by atoms with van der Waals surface area (Å²) in [5.74, 6) is 0.718. The molecular formula is C18H15ClN4O2S. The van der Waals surface area contributed by atoms with Crippen molar-refractivity contribution in [2.24, 2.45) is 0 Å². The third-order valence-corrected chi connectivity index (χ3v) is 4.47. The smallest absolute Gasteiger partial charge is 0.325 e. The minimum absolute atomic E-state index is 0.395. The predicted octanol–water partition coefficient (Wildman–Crippen LogP) is 5.01.